The molecule has 5 heteroatoms. The summed E-state index contributed by atoms with van der Waals surface area (Å²) in [6, 6.07) is 16.0. The normalized spacial score (nSPS) is 15.5. The van der Waals surface area contributed by atoms with E-state index in [-0.39, 0.29) is 11.7 Å². The van der Waals surface area contributed by atoms with Crippen LogP contribution < -0.4 is 0 Å². The molecule has 2 aromatic rings. The number of halogens is 1. The molecular weight excluding hydrogens is 341 g/mol. The zero-order valence-electron chi connectivity index (χ0n) is 15.1. The number of amides is 1. The number of rotatable bonds is 4. The van der Waals surface area contributed by atoms with Crippen LogP contribution in [0, 0.1) is 17.1 Å². The van der Waals surface area contributed by atoms with E-state index in [1.165, 1.54) is 23.8 Å². The van der Waals surface area contributed by atoms with E-state index in [9.17, 15) is 9.18 Å². The number of nitriles is 1. The molecule has 0 unspecified atom stereocenters. The summed E-state index contributed by atoms with van der Waals surface area (Å²) in [5.41, 5.74) is 2.51. The highest BCUT2D eigenvalue weighted by Gasteiger charge is 2.17. The summed E-state index contributed by atoms with van der Waals surface area (Å²) >= 11 is 0. The van der Waals surface area contributed by atoms with Gasteiger partial charge in [-0.2, -0.15) is 5.26 Å². The average molecular weight is 363 g/mol. The van der Waals surface area contributed by atoms with E-state index in [1.54, 1.807) is 18.2 Å². The second kappa shape index (κ2) is 9.11. The van der Waals surface area contributed by atoms with Crippen LogP contribution in [0.2, 0.25) is 0 Å². The van der Waals surface area contributed by atoms with Gasteiger partial charge in [-0.1, -0.05) is 24.3 Å². The van der Waals surface area contributed by atoms with Crippen molar-refractivity contribution < 1.29 is 9.18 Å². The van der Waals surface area contributed by atoms with Gasteiger partial charge in [-0.15, -0.1) is 0 Å². The van der Waals surface area contributed by atoms with E-state index < -0.39 is 0 Å². The van der Waals surface area contributed by atoms with Crippen LogP contribution in [0.3, 0.4) is 0 Å². The van der Waals surface area contributed by atoms with Gasteiger partial charge in [0.25, 0.3) is 0 Å². The number of benzene rings is 2. The highest BCUT2D eigenvalue weighted by molar-refractivity contribution is 5.91. The van der Waals surface area contributed by atoms with Crippen LogP contribution in [0.4, 0.5) is 4.39 Å². The molecule has 0 spiro atoms. The number of hydrogen-bond donors (Lipinski definition) is 0. The van der Waals surface area contributed by atoms with E-state index >= 15 is 0 Å². The number of carbonyl (C=O) groups is 1. The Hall–Kier alpha value is -2.97. The second-order valence-electron chi connectivity index (χ2n) is 6.65. The molecule has 3 rings (SSSR count). The molecule has 1 amide bonds. The molecule has 1 saturated heterocycles. The van der Waals surface area contributed by atoms with Crippen molar-refractivity contribution in [3.8, 4) is 6.07 Å². The number of hydrogen-bond acceptors (Lipinski definition) is 3. The number of carbonyl (C=O) groups excluding carboxylic acids is 1. The summed E-state index contributed by atoms with van der Waals surface area (Å²) in [6.07, 6.45) is 4.09. The molecule has 0 aromatic heterocycles. The first-order chi connectivity index (χ1) is 13.1. The maximum Gasteiger partial charge on any atom is 0.246 e. The topological polar surface area (TPSA) is 47.3 Å². The third-order valence-electron chi connectivity index (χ3n) is 4.66. The molecule has 0 atom stereocenters. The second-order valence-corrected chi connectivity index (χ2v) is 6.65. The van der Waals surface area contributed by atoms with Crippen molar-refractivity contribution in [1.82, 2.24) is 9.80 Å². The first kappa shape index (κ1) is 18.8. The van der Waals surface area contributed by atoms with Gasteiger partial charge in [0, 0.05) is 38.8 Å². The summed E-state index contributed by atoms with van der Waals surface area (Å²) in [5, 5.41) is 8.88. The van der Waals surface area contributed by atoms with Crippen LogP contribution in [0.15, 0.2) is 54.6 Å². The minimum Gasteiger partial charge on any atom is -0.338 e. The van der Waals surface area contributed by atoms with Gasteiger partial charge in [-0.05, 0) is 47.9 Å². The van der Waals surface area contributed by atoms with E-state index in [1.807, 2.05) is 29.2 Å². The zero-order valence-corrected chi connectivity index (χ0v) is 15.1. The quantitative estimate of drug-likeness (QED) is 0.782. The minimum absolute atomic E-state index is 0.0421. The van der Waals surface area contributed by atoms with Crippen molar-refractivity contribution in [3.05, 3.63) is 77.1 Å². The maximum atomic E-state index is 13.2. The minimum atomic E-state index is -0.308. The van der Waals surface area contributed by atoms with Gasteiger partial charge in [0.15, 0.2) is 0 Å². The van der Waals surface area contributed by atoms with Gasteiger partial charge >= 0.3 is 0 Å². The predicted molar refractivity (Wildman–Crippen MR) is 103 cm³/mol. The van der Waals surface area contributed by atoms with Crippen molar-refractivity contribution in [2.45, 2.75) is 13.0 Å². The van der Waals surface area contributed by atoms with Gasteiger partial charge in [-0.25, -0.2) is 4.39 Å². The smallest absolute Gasteiger partial charge is 0.246 e. The van der Waals surface area contributed by atoms with Gasteiger partial charge in [-0.3, -0.25) is 9.69 Å². The summed E-state index contributed by atoms with van der Waals surface area (Å²) in [4.78, 5) is 16.6. The average Bonchev–Trinajstić information content (AvgIpc) is 2.92. The molecule has 4 nitrogen and oxygen atoms in total. The zero-order chi connectivity index (χ0) is 19.1. The SMILES string of the molecule is N#Cc1ccc(CN2CCCN(C(=O)/C=C/c3cccc(F)c3)CC2)cc1. The molecule has 0 N–H and O–H groups in total. The lowest BCUT2D eigenvalue weighted by Crippen LogP contribution is -2.34. The van der Waals surface area contributed by atoms with E-state index in [4.69, 9.17) is 5.26 Å². The first-order valence-corrected chi connectivity index (χ1v) is 9.08. The van der Waals surface area contributed by atoms with Crippen molar-refractivity contribution in [1.29, 1.82) is 5.26 Å². The lowest BCUT2D eigenvalue weighted by atomic mass is 10.1. The Morgan fingerprint density at radius 3 is 2.67 bits per heavy atom. The van der Waals surface area contributed by atoms with Crippen LogP contribution in [-0.4, -0.2) is 41.9 Å². The van der Waals surface area contributed by atoms with E-state index in [0.717, 1.165) is 32.6 Å². The monoisotopic (exact) mass is 363 g/mol. The van der Waals surface area contributed by atoms with Gasteiger partial charge in [0.05, 0.1) is 11.6 Å². The molecule has 0 bridgehead atoms. The van der Waals surface area contributed by atoms with E-state index in [0.29, 0.717) is 17.7 Å². The van der Waals surface area contributed by atoms with Crippen LogP contribution in [0.1, 0.15) is 23.1 Å². The van der Waals surface area contributed by atoms with Gasteiger partial charge in [0.1, 0.15) is 5.82 Å². The number of nitrogens with zero attached hydrogens (tertiary/aromatic N) is 3. The maximum absolute atomic E-state index is 13.2. The third kappa shape index (κ3) is 5.50. The van der Waals surface area contributed by atoms with Crippen LogP contribution in [-0.2, 0) is 11.3 Å². The van der Waals surface area contributed by atoms with Crippen molar-refractivity contribution >= 4 is 12.0 Å². The fourth-order valence-corrected chi connectivity index (χ4v) is 3.18. The molecule has 1 aliphatic heterocycles. The molecule has 2 aromatic carbocycles. The molecule has 27 heavy (non-hydrogen) atoms. The Kier molecular flexibility index (Phi) is 6.35. The van der Waals surface area contributed by atoms with Crippen molar-refractivity contribution in [2.24, 2.45) is 0 Å². The van der Waals surface area contributed by atoms with Gasteiger partial charge in [0.2, 0.25) is 5.91 Å². The summed E-state index contributed by atoms with van der Waals surface area (Å²) < 4.78 is 13.2. The molecule has 138 valence electrons. The van der Waals surface area contributed by atoms with Crippen molar-refractivity contribution in [3.63, 3.8) is 0 Å². The summed E-state index contributed by atoms with van der Waals surface area (Å²) in [5.74, 6) is -0.350. The molecule has 0 radical (unpaired) electrons. The Morgan fingerprint density at radius 1 is 1.11 bits per heavy atom. The molecule has 1 heterocycles. The van der Waals surface area contributed by atoms with Crippen LogP contribution >= 0.6 is 0 Å². The Balaban J connectivity index is 1.54. The highest BCUT2D eigenvalue weighted by atomic mass is 19.1. The van der Waals surface area contributed by atoms with Crippen LogP contribution in [0.5, 0.6) is 0 Å². The van der Waals surface area contributed by atoms with E-state index in [2.05, 4.69) is 11.0 Å². The fourth-order valence-electron chi connectivity index (χ4n) is 3.18. The summed E-state index contributed by atoms with van der Waals surface area (Å²) in [6.45, 7) is 3.93. The largest absolute Gasteiger partial charge is 0.338 e. The lowest BCUT2D eigenvalue weighted by Gasteiger charge is -2.21. The molecule has 1 aliphatic rings. The summed E-state index contributed by atoms with van der Waals surface area (Å²) in [7, 11) is 0. The molecule has 1 fully saturated rings. The third-order valence-corrected chi connectivity index (χ3v) is 4.66. The Labute approximate surface area is 159 Å². The van der Waals surface area contributed by atoms with Crippen LogP contribution in [0.25, 0.3) is 6.08 Å². The highest BCUT2D eigenvalue weighted by Crippen LogP contribution is 2.11. The molecule has 0 aliphatic carbocycles. The fraction of sp³-hybridized carbons (Fsp3) is 0.273. The predicted octanol–water partition coefficient (Wildman–Crippen LogP) is 3.45. The molecular formula is C22H22FN3O. The standard InChI is InChI=1S/C22H22FN3O/c23-21-4-1-3-18(15-21)9-10-22(27)26-12-2-11-25(13-14-26)17-20-7-5-19(16-24)6-8-20/h1,3-10,15H,2,11-14,17H2/b10-9+. The lowest BCUT2D eigenvalue weighted by molar-refractivity contribution is -0.125. The first-order valence-electron chi connectivity index (χ1n) is 9.08. The van der Waals surface area contributed by atoms with Gasteiger partial charge < -0.3 is 4.90 Å². The Bertz CT molecular complexity index is 855. The Morgan fingerprint density at radius 2 is 1.93 bits per heavy atom. The molecule has 0 saturated carbocycles. The van der Waals surface area contributed by atoms with Crippen molar-refractivity contribution in [2.75, 3.05) is 26.2 Å².